The van der Waals surface area contributed by atoms with E-state index in [0.29, 0.717) is 38.0 Å². The first-order chi connectivity index (χ1) is 16.5. The van der Waals surface area contributed by atoms with Crippen LogP contribution in [0.5, 0.6) is 0 Å². The summed E-state index contributed by atoms with van der Waals surface area (Å²) in [6.07, 6.45) is -3.30. The molecule has 3 N–H and O–H groups in total. The van der Waals surface area contributed by atoms with Gasteiger partial charge in [-0.2, -0.15) is 18.4 Å². The monoisotopic (exact) mass is 489 g/mol. The van der Waals surface area contributed by atoms with Crippen molar-refractivity contribution in [3.63, 3.8) is 0 Å². The Hall–Kier alpha value is -3.81. The van der Waals surface area contributed by atoms with Gasteiger partial charge < -0.3 is 20.9 Å². The van der Waals surface area contributed by atoms with E-state index in [1.165, 1.54) is 29.2 Å². The first kappa shape index (κ1) is 24.3. The van der Waals surface area contributed by atoms with Crippen LogP contribution in [-0.4, -0.2) is 42.5 Å². The number of likely N-dealkylation sites (tertiary alicyclic amines) is 1. The van der Waals surface area contributed by atoms with Crippen molar-refractivity contribution in [2.45, 2.75) is 31.5 Å². The number of carbonyl (C=O) groups excluding carboxylic acids is 2. The average molecular weight is 489 g/mol. The highest BCUT2D eigenvalue weighted by Crippen LogP contribution is 2.45. The zero-order chi connectivity index (χ0) is 25.4. The maximum Gasteiger partial charge on any atom is 0.417 e. The van der Waals surface area contributed by atoms with E-state index in [2.05, 4.69) is 5.32 Å². The molecule has 0 radical (unpaired) electrons. The van der Waals surface area contributed by atoms with Gasteiger partial charge in [0.05, 0.1) is 22.9 Å². The van der Waals surface area contributed by atoms with E-state index >= 15 is 0 Å². The normalized spacial score (nSPS) is 19.5. The van der Waals surface area contributed by atoms with Crippen molar-refractivity contribution < 1.29 is 27.2 Å². The average Bonchev–Trinajstić information content (AvgIpc) is 3.20. The SMILES string of the molecule is N#Cc1ccc(N2CCC3(CC2)CC(C(N)=O)N(C(=O)Nc2ccccc2F)C3)cc1C(F)(F)F. The number of primary amides is 1. The summed E-state index contributed by atoms with van der Waals surface area (Å²) in [6.45, 7) is 1.02. The minimum atomic E-state index is -4.65. The fraction of sp³-hybridized carbons (Fsp3) is 0.375. The number of hydrogen-bond acceptors (Lipinski definition) is 4. The first-order valence-corrected chi connectivity index (χ1v) is 11.0. The van der Waals surface area contributed by atoms with Crippen LogP contribution in [0.2, 0.25) is 0 Å². The minimum Gasteiger partial charge on any atom is -0.371 e. The second-order valence-corrected chi connectivity index (χ2v) is 8.99. The molecule has 7 nitrogen and oxygen atoms in total. The standard InChI is InChI=1S/C24H23F4N5O2/c25-18-3-1-2-4-19(18)31-22(35)33-14-23(12-20(33)21(30)34)7-9-32(10-8-23)16-6-5-15(13-29)17(11-16)24(26,27)28/h1-6,11,20H,7-10,12,14H2,(H2,30,34)(H,31,35). The number of para-hydroxylation sites is 1. The van der Waals surface area contributed by atoms with E-state index in [0.717, 1.165) is 12.1 Å². The number of halogens is 4. The molecule has 2 aliphatic rings. The number of alkyl halides is 3. The van der Waals surface area contributed by atoms with E-state index in [1.807, 2.05) is 0 Å². The number of piperidine rings is 1. The van der Waals surface area contributed by atoms with Crippen LogP contribution in [0.25, 0.3) is 0 Å². The lowest BCUT2D eigenvalue weighted by Gasteiger charge is -2.40. The van der Waals surface area contributed by atoms with Gasteiger partial charge in [0.1, 0.15) is 11.9 Å². The summed E-state index contributed by atoms with van der Waals surface area (Å²) in [5.74, 6) is -1.28. The Morgan fingerprint density at radius 1 is 1.14 bits per heavy atom. The van der Waals surface area contributed by atoms with Gasteiger partial charge in [-0.3, -0.25) is 4.79 Å². The molecule has 2 heterocycles. The largest absolute Gasteiger partial charge is 0.417 e. The highest BCUT2D eigenvalue weighted by molar-refractivity contribution is 5.94. The molecule has 2 aromatic carbocycles. The molecule has 11 heteroatoms. The Labute approximate surface area is 199 Å². The molecule has 4 rings (SSSR count). The fourth-order valence-corrected chi connectivity index (χ4v) is 4.94. The van der Waals surface area contributed by atoms with Gasteiger partial charge in [-0.1, -0.05) is 12.1 Å². The van der Waals surface area contributed by atoms with Crippen LogP contribution in [0, 0.1) is 22.6 Å². The number of nitrogens with zero attached hydrogens (tertiary/aromatic N) is 3. The predicted molar refractivity (Wildman–Crippen MR) is 120 cm³/mol. The lowest BCUT2D eigenvalue weighted by Crippen LogP contribution is -2.46. The van der Waals surface area contributed by atoms with Crippen molar-refractivity contribution >= 4 is 23.3 Å². The maximum absolute atomic E-state index is 14.0. The van der Waals surface area contributed by atoms with E-state index in [4.69, 9.17) is 11.0 Å². The Morgan fingerprint density at radius 3 is 2.43 bits per heavy atom. The summed E-state index contributed by atoms with van der Waals surface area (Å²) < 4.78 is 54.1. The van der Waals surface area contributed by atoms with Gasteiger partial charge in [0.2, 0.25) is 5.91 Å². The molecule has 0 bridgehead atoms. The van der Waals surface area contributed by atoms with Gasteiger partial charge in [-0.15, -0.1) is 0 Å². The van der Waals surface area contributed by atoms with E-state index in [9.17, 15) is 27.2 Å². The molecule has 3 amide bonds. The first-order valence-electron chi connectivity index (χ1n) is 11.0. The summed E-state index contributed by atoms with van der Waals surface area (Å²) in [4.78, 5) is 28.1. The van der Waals surface area contributed by atoms with Crippen molar-refractivity contribution in [1.29, 1.82) is 5.26 Å². The Balaban J connectivity index is 1.49. The van der Waals surface area contributed by atoms with E-state index < -0.39 is 46.5 Å². The minimum absolute atomic E-state index is 0.0159. The summed E-state index contributed by atoms with van der Waals surface area (Å²) in [5.41, 5.74) is 4.04. The van der Waals surface area contributed by atoms with Gasteiger partial charge in [0.25, 0.3) is 0 Å². The zero-order valence-corrected chi connectivity index (χ0v) is 18.6. The van der Waals surface area contributed by atoms with Crippen molar-refractivity contribution in [1.82, 2.24) is 4.90 Å². The van der Waals surface area contributed by atoms with Crippen LogP contribution in [0.1, 0.15) is 30.4 Å². The Kier molecular flexibility index (Phi) is 6.32. The molecule has 1 spiro atoms. The van der Waals surface area contributed by atoms with Crippen molar-refractivity contribution in [2.75, 3.05) is 29.9 Å². The number of benzene rings is 2. The molecule has 2 aromatic rings. The number of nitrogens with two attached hydrogens (primary N) is 1. The van der Waals surface area contributed by atoms with Gasteiger partial charge >= 0.3 is 12.2 Å². The predicted octanol–water partition coefficient (Wildman–Crippen LogP) is 4.09. The summed E-state index contributed by atoms with van der Waals surface area (Å²) in [5, 5.41) is 11.5. The van der Waals surface area contributed by atoms with Gasteiger partial charge in [-0.25, -0.2) is 9.18 Å². The third-order valence-electron chi connectivity index (χ3n) is 6.83. The van der Waals surface area contributed by atoms with Crippen molar-refractivity contribution in [3.8, 4) is 6.07 Å². The molecule has 2 saturated heterocycles. The summed E-state index contributed by atoms with van der Waals surface area (Å²) >= 11 is 0. The van der Waals surface area contributed by atoms with Crippen LogP contribution < -0.4 is 16.0 Å². The van der Waals surface area contributed by atoms with Crippen LogP contribution in [-0.2, 0) is 11.0 Å². The smallest absolute Gasteiger partial charge is 0.371 e. The van der Waals surface area contributed by atoms with E-state index in [1.54, 1.807) is 17.0 Å². The van der Waals surface area contributed by atoms with Crippen molar-refractivity contribution in [2.24, 2.45) is 11.1 Å². The number of rotatable bonds is 3. The highest BCUT2D eigenvalue weighted by Gasteiger charge is 2.49. The third kappa shape index (κ3) is 4.87. The van der Waals surface area contributed by atoms with Crippen molar-refractivity contribution in [3.05, 3.63) is 59.4 Å². The lowest BCUT2D eigenvalue weighted by molar-refractivity contribution is -0.137. The number of carbonyl (C=O) groups is 2. The molecule has 35 heavy (non-hydrogen) atoms. The Bertz CT molecular complexity index is 1190. The number of amides is 3. The van der Waals surface area contributed by atoms with Gasteiger partial charge in [0.15, 0.2) is 0 Å². The van der Waals surface area contributed by atoms with Crippen LogP contribution in [0.4, 0.5) is 33.7 Å². The molecule has 1 unspecified atom stereocenters. The summed E-state index contributed by atoms with van der Waals surface area (Å²) in [7, 11) is 0. The van der Waals surface area contributed by atoms with Crippen LogP contribution in [0.3, 0.4) is 0 Å². The molecule has 2 aliphatic heterocycles. The van der Waals surface area contributed by atoms with Gasteiger partial charge in [0, 0.05) is 25.3 Å². The number of nitrogens with one attached hydrogen (secondary N) is 1. The third-order valence-corrected chi connectivity index (χ3v) is 6.83. The molecule has 184 valence electrons. The maximum atomic E-state index is 14.0. The molecule has 1 atom stereocenters. The fourth-order valence-electron chi connectivity index (χ4n) is 4.94. The Morgan fingerprint density at radius 2 is 1.83 bits per heavy atom. The quantitative estimate of drug-likeness (QED) is 0.634. The number of nitriles is 1. The molecule has 2 fully saturated rings. The zero-order valence-electron chi connectivity index (χ0n) is 18.6. The van der Waals surface area contributed by atoms with Gasteiger partial charge in [-0.05, 0) is 55.0 Å². The highest BCUT2D eigenvalue weighted by atomic mass is 19.4. The van der Waals surface area contributed by atoms with Crippen LogP contribution >= 0.6 is 0 Å². The molecule has 0 aromatic heterocycles. The second kappa shape index (κ2) is 9.09. The number of urea groups is 1. The molecule has 0 saturated carbocycles. The second-order valence-electron chi connectivity index (χ2n) is 8.99. The number of anilines is 2. The topological polar surface area (TPSA) is 102 Å². The lowest BCUT2D eigenvalue weighted by atomic mass is 9.76. The summed E-state index contributed by atoms with van der Waals surface area (Å²) in [6, 6.07) is 9.35. The molecular formula is C24H23F4N5O2. The number of hydrogen-bond donors (Lipinski definition) is 2. The van der Waals surface area contributed by atoms with Crippen LogP contribution in [0.15, 0.2) is 42.5 Å². The molecule has 0 aliphatic carbocycles. The molecular weight excluding hydrogens is 466 g/mol. The van der Waals surface area contributed by atoms with E-state index in [-0.39, 0.29) is 12.2 Å².